The van der Waals surface area contributed by atoms with Crippen molar-refractivity contribution in [2.24, 2.45) is 0 Å². The van der Waals surface area contributed by atoms with Gasteiger partial charge in [-0.05, 0) is 72.0 Å². The minimum atomic E-state index is -0.207. The summed E-state index contributed by atoms with van der Waals surface area (Å²) in [6, 6.07) is 15.6. The first-order chi connectivity index (χ1) is 14.7. The van der Waals surface area contributed by atoms with E-state index >= 15 is 0 Å². The summed E-state index contributed by atoms with van der Waals surface area (Å²) in [6.45, 7) is -0.0367. The molecule has 2 amide bonds. The number of carbonyl (C=O) groups excluding carboxylic acids is 2. The third-order valence-electron chi connectivity index (χ3n) is 5.69. The quantitative estimate of drug-likeness (QED) is 0.657. The van der Waals surface area contributed by atoms with Gasteiger partial charge in [0.25, 0.3) is 11.8 Å². The van der Waals surface area contributed by atoms with Gasteiger partial charge in [-0.25, -0.2) is 0 Å². The molecule has 1 aromatic heterocycles. The SMILES string of the molecule is O=C1COc2cc(C(=O)N[C@@H](c3ccc4c(c3)CCCC4)c3cccs3)ccc2N1. The van der Waals surface area contributed by atoms with Gasteiger partial charge in [-0.2, -0.15) is 0 Å². The lowest BCUT2D eigenvalue weighted by Crippen LogP contribution is -2.30. The highest BCUT2D eigenvalue weighted by molar-refractivity contribution is 7.10. The summed E-state index contributed by atoms with van der Waals surface area (Å²) < 4.78 is 5.46. The second-order valence-corrected chi connectivity index (χ2v) is 8.68. The number of carbonyl (C=O) groups is 2. The van der Waals surface area contributed by atoms with Gasteiger partial charge in [0.15, 0.2) is 6.61 Å². The molecule has 0 unspecified atom stereocenters. The molecule has 1 aliphatic carbocycles. The van der Waals surface area contributed by atoms with Crippen LogP contribution in [0.3, 0.4) is 0 Å². The first kappa shape index (κ1) is 18.9. The summed E-state index contributed by atoms with van der Waals surface area (Å²) in [5.74, 6) is 0.156. The smallest absolute Gasteiger partial charge is 0.262 e. The molecule has 30 heavy (non-hydrogen) atoms. The zero-order valence-electron chi connectivity index (χ0n) is 16.4. The van der Waals surface area contributed by atoms with Crippen molar-refractivity contribution in [3.63, 3.8) is 0 Å². The Morgan fingerprint density at radius 3 is 2.77 bits per heavy atom. The Morgan fingerprint density at radius 2 is 1.93 bits per heavy atom. The van der Waals surface area contributed by atoms with Crippen molar-refractivity contribution in [1.82, 2.24) is 5.32 Å². The summed E-state index contributed by atoms with van der Waals surface area (Å²) >= 11 is 1.64. The molecule has 5 nitrogen and oxygen atoms in total. The molecule has 0 saturated heterocycles. The Morgan fingerprint density at radius 1 is 1.07 bits per heavy atom. The number of hydrogen-bond donors (Lipinski definition) is 2. The predicted octanol–water partition coefficient (Wildman–Crippen LogP) is 4.48. The van der Waals surface area contributed by atoms with E-state index in [2.05, 4.69) is 34.9 Å². The first-order valence-electron chi connectivity index (χ1n) is 10.2. The Kier molecular flexibility index (Phi) is 5.01. The summed E-state index contributed by atoms with van der Waals surface area (Å²) in [6.07, 6.45) is 4.70. The zero-order valence-corrected chi connectivity index (χ0v) is 17.3. The van der Waals surface area contributed by atoms with E-state index in [-0.39, 0.29) is 24.5 Å². The van der Waals surface area contributed by atoms with Crippen LogP contribution in [-0.4, -0.2) is 18.4 Å². The van der Waals surface area contributed by atoms with Gasteiger partial charge in [0, 0.05) is 10.4 Å². The minimum absolute atomic E-state index is 0.0367. The summed E-state index contributed by atoms with van der Waals surface area (Å²) in [5.41, 5.74) is 5.02. The van der Waals surface area contributed by atoms with E-state index in [1.165, 1.54) is 24.0 Å². The number of ether oxygens (including phenoxy) is 1. The lowest BCUT2D eigenvalue weighted by atomic mass is 9.89. The van der Waals surface area contributed by atoms with Gasteiger partial charge in [-0.15, -0.1) is 11.3 Å². The van der Waals surface area contributed by atoms with Crippen molar-refractivity contribution in [1.29, 1.82) is 0 Å². The number of nitrogens with one attached hydrogen (secondary N) is 2. The zero-order chi connectivity index (χ0) is 20.5. The molecule has 2 N–H and O–H groups in total. The number of aryl methyl sites for hydroxylation is 2. The van der Waals surface area contributed by atoms with E-state index in [0.29, 0.717) is 17.0 Å². The van der Waals surface area contributed by atoms with Crippen molar-refractivity contribution in [2.45, 2.75) is 31.7 Å². The van der Waals surface area contributed by atoms with Gasteiger partial charge in [-0.3, -0.25) is 9.59 Å². The number of rotatable bonds is 4. The van der Waals surface area contributed by atoms with Crippen molar-refractivity contribution in [3.8, 4) is 5.75 Å². The standard InChI is InChI=1S/C24H22N2O3S/c27-22-14-29-20-13-18(9-10-19(20)25-22)24(28)26-23(21-6-3-11-30-21)17-8-7-15-4-1-2-5-16(15)12-17/h3,6-13,23H,1-2,4-5,14H2,(H,25,27)(H,26,28)/t23-/m0/s1. The molecule has 0 bridgehead atoms. The molecular formula is C24H22N2O3S. The minimum Gasteiger partial charge on any atom is -0.482 e. The molecule has 2 heterocycles. The molecule has 0 saturated carbocycles. The maximum atomic E-state index is 13.1. The second kappa shape index (κ2) is 7.95. The van der Waals surface area contributed by atoms with Gasteiger partial charge in [0.2, 0.25) is 0 Å². The average Bonchev–Trinajstić information content (AvgIpc) is 3.31. The third kappa shape index (κ3) is 3.71. The topological polar surface area (TPSA) is 67.4 Å². The Hall–Kier alpha value is -3.12. The fraction of sp³-hybridized carbons (Fsp3) is 0.250. The van der Waals surface area contributed by atoms with Crippen LogP contribution in [0.4, 0.5) is 5.69 Å². The lowest BCUT2D eigenvalue weighted by molar-refractivity contribution is -0.118. The summed E-state index contributed by atoms with van der Waals surface area (Å²) in [4.78, 5) is 25.7. The Bertz CT molecular complexity index is 1110. The van der Waals surface area contributed by atoms with Crippen LogP contribution < -0.4 is 15.4 Å². The van der Waals surface area contributed by atoms with Crippen LogP contribution in [-0.2, 0) is 17.6 Å². The number of amides is 2. The maximum absolute atomic E-state index is 13.1. The van der Waals surface area contributed by atoms with Gasteiger partial charge < -0.3 is 15.4 Å². The highest BCUT2D eigenvalue weighted by atomic mass is 32.1. The van der Waals surface area contributed by atoms with Crippen LogP contribution in [0.15, 0.2) is 53.9 Å². The highest BCUT2D eigenvalue weighted by Gasteiger charge is 2.23. The molecule has 3 aromatic rings. The number of thiophene rings is 1. The lowest BCUT2D eigenvalue weighted by Gasteiger charge is -2.23. The molecule has 0 fully saturated rings. The van der Waals surface area contributed by atoms with Gasteiger partial charge in [-0.1, -0.05) is 24.3 Å². The average molecular weight is 419 g/mol. The van der Waals surface area contributed by atoms with Crippen molar-refractivity contribution in [3.05, 3.63) is 81.0 Å². The van der Waals surface area contributed by atoms with Gasteiger partial charge in [0.1, 0.15) is 5.75 Å². The van der Waals surface area contributed by atoms with Crippen molar-refractivity contribution >= 4 is 28.8 Å². The van der Waals surface area contributed by atoms with Crippen molar-refractivity contribution < 1.29 is 14.3 Å². The second-order valence-electron chi connectivity index (χ2n) is 7.70. The molecule has 152 valence electrons. The third-order valence-corrected chi connectivity index (χ3v) is 6.62. The van der Waals surface area contributed by atoms with E-state index in [0.717, 1.165) is 23.3 Å². The Balaban J connectivity index is 1.44. The van der Waals surface area contributed by atoms with E-state index in [1.807, 2.05) is 11.4 Å². The summed E-state index contributed by atoms with van der Waals surface area (Å²) in [5, 5.41) is 7.98. The first-order valence-corrected chi connectivity index (χ1v) is 11.1. The molecule has 1 aliphatic heterocycles. The number of fused-ring (bicyclic) bond motifs is 2. The monoisotopic (exact) mass is 418 g/mol. The molecule has 0 spiro atoms. The maximum Gasteiger partial charge on any atom is 0.262 e. The van der Waals surface area contributed by atoms with E-state index in [4.69, 9.17) is 4.74 Å². The van der Waals surface area contributed by atoms with Crippen molar-refractivity contribution in [2.75, 3.05) is 11.9 Å². The van der Waals surface area contributed by atoms with Crippen LogP contribution in [0.2, 0.25) is 0 Å². The molecule has 2 aliphatic rings. The van der Waals surface area contributed by atoms with E-state index in [9.17, 15) is 9.59 Å². The highest BCUT2D eigenvalue weighted by Crippen LogP contribution is 2.32. The number of hydrogen-bond acceptors (Lipinski definition) is 4. The van der Waals surface area contributed by atoms with Crippen LogP contribution in [0.25, 0.3) is 0 Å². The van der Waals surface area contributed by atoms with Crippen LogP contribution >= 0.6 is 11.3 Å². The van der Waals surface area contributed by atoms with Crippen LogP contribution in [0, 0.1) is 0 Å². The normalized spacial score (nSPS) is 15.9. The van der Waals surface area contributed by atoms with Crippen LogP contribution in [0.5, 0.6) is 5.75 Å². The van der Waals surface area contributed by atoms with Gasteiger partial charge >= 0.3 is 0 Å². The van der Waals surface area contributed by atoms with Crippen LogP contribution in [0.1, 0.15) is 50.8 Å². The summed E-state index contributed by atoms with van der Waals surface area (Å²) in [7, 11) is 0. The fourth-order valence-electron chi connectivity index (χ4n) is 4.14. The molecule has 2 aromatic carbocycles. The van der Waals surface area contributed by atoms with E-state index in [1.54, 1.807) is 29.5 Å². The Labute approximate surface area is 179 Å². The molecule has 1 atom stereocenters. The largest absolute Gasteiger partial charge is 0.482 e. The number of benzene rings is 2. The predicted molar refractivity (Wildman–Crippen MR) is 117 cm³/mol. The molecule has 0 radical (unpaired) electrons. The molecular weight excluding hydrogens is 396 g/mol. The van der Waals surface area contributed by atoms with E-state index < -0.39 is 0 Å². The van der Waals surface area contributed by atoms with Gasteiger partial charge in [0.05, 0.1) is 11.7 Å². The number of anilines is 1. The molecule has 6 heteroatoms. The molecule has 5 rings (SSSR count). The fourth-order valence-corrected chi connectivity index (χ4v) is 4.94.